The van der Waals surface area contributed by atoms with Gasteiger partial charge in [-0.1, -0.05) is 0 Å². The summed E-state index contributed by atoms with van der Waals surface area (Å²) in [7, 11) is 0. The molecule has 1 aromatic carbocycles. The van der Waals surface area contributed by atoms with Crippen LogP contribution in [0.5, 0.6) is 0 Å². The summed E-state index contributed by atoms with van der Waals surface area (Å²) in [6.45, 7) is 5.48. The number of halogens is 2. The van der Waals surface area contributed by atoms with Gasteiger partial charge in [0.25, 0.3) is 0 Å². The standard InChI is InChI=1S/C16H23F2N3/c1-11-9-20-6-2-3-13(20)10-21(11)16(8-19)14-7-12(17)4-5-15(14)18/h4-5,7,11,13,16H,2-3,6,8-10,19H2,1H3. The second-order valence-corrected chi connectivity index (χ2v) is 6.25. The van der Waals surface area contributed by atoms with E-state index < -0.39 is 5.82 Å². The van der Waals surface area contributed by atoms with Gasteiger partial charge >= 0.3 is 0 Å². The Morgan fingerprint density at radius 3 is 2.90 bits per heavy atom. The molecule has 0 bridgehead atoms. The lowest BCUT2D eigenvalue weighted by atomic mass is 9.99. The first-order valence-corrected chi connectivity index (χ1v) is 7.75. The Morgan fingerprint density at radius 2 is 2.14 bits per heavy atom. The molecule has 2 aliphatic rings. The van der Waals surface area contributed by atoms with E-state index in [1.54, 1.807) is 0 Å². The van der Waals surface area contributed by atoms with Crippen LogP contribution in [0.4, 0.5) is 8.78 Å². The molecule has 2 saturated heterocycles. The molecule has 0 spiro atoms. The number of rotatable bonds is 3. The molecule has 0 amide bonds. The van der Waals surface area contributed by atoms with Crippen LogP contribution >= 0.6 is 0 Å². The lowest BCUT2D eigenvalue weighted by Crippen LogP contribution is -2.56. The first kappa shape index (κ1) is 14.9. The van der Waals surface area contributed by atoms with Crippen molar-refractivity contribution < 1.29 is 8.78 Å². The number of nitrogens with two attached hydrogens (primary N) is 1. The van der Waals surface area contributed by atoms with Crippen molar-refractivity contribution in [2.45, 2.75) is 37.9 Å². The van der Waals surface area contributed by atoms with Crippen LogP contribution < -0.4 is 5.73 Å². The van der Waals surface area contributed by atoms with Crippen molar-refractivity contribution >= 4 is 0 Å². The van der Waals surface area contributed by atoms with Gasteiger partial charge in [0.15, 0.2) is 0 Å². The monoisotopic (exact) mass is 295 g/mol. The number of fused-ring (bicyclic) bond motifs is 1. The minimum absolute atomic E-state index is 0.251. The lowest BCUT2D eigenvalue weighted by Gasteiger charge is -2.46. The van der Waals surface area contributed by atoms with E-state index in [4.69, 9.17) is 5.73 Å². The summed E-state index contributed by atoms with van der Waals surface area (Å²) in [5.41, 5.74) is 6.29. The molecule has 116 valence electrons. The fourth-order valence-electron chi connectivity index (χ4n) is 3.86. The van der Waals surface area contributed by atoms with Gasteiger partial charge < -0.3 is 5.73 Å². The Bertz CT molecular complexity index is 508. The van der Waals surface area contributed by atoms with Crippen LogP contribution in [0.1, 0.15) is 31.4 Å². The molecule has 2 N–H and O–H groups in total. The van der Waals surface area contributed by atoms with E-state index in [1.807, 2.05) is 0 Å². The van der Waals surface area contributed by atoms with E-state index in [2.05, 4.69) is 16.7 Å². The molecule has 5 heteroatoms. The maximum Gasteiger partial charge on any atom is 0.128 e. The first-order chi connectivity index (χ1) is 10.1. The summed E-state index contributed by atoms with van der Waals surface area (Å²) in [4.78, 5) is 4.76. The molecule has 1 aromatic rings. The normalized spacial score (nSPS) is 28.6. The average molecular weight is 295 g/mol. The fourth-order valence-corrected chi connectivity index (χ4v) is 3.86. The zero-order valence-electron chi connectivity index (χ0n) is 12.4. The van der Waals surface area contributed by atoms with Gasteiger partial charge in [0.1, 0.15) is 11.6 Å². The number of hydrogen-bond acceptors (Lipinski definition) is 3. The quantitative estimate of drug-likeness (QED) is 0.927. The largest absolute Gasteiger partial charge is 0.329 e. The van der Waals surface area contributed by atoms with E-state index >= 15 is 0 Å². The molecule has 3 nitrogen and oxygen atoms in total. The van der Waals surface area contributed by atoms with E-state index in [9.17, 15) is 8.78 Å². The molecule has 0 saturated carbocycles. The maximum absolute atomic E-state index is 14.1. The van der Waals surface area contributed by atoms with Crippen molar-refractivity contribution in [3.05, 3.63) is 35.4 Å². The van der Waals surface area contributed by atoms with Gasteiger partial charge in [-0.25, -0.2) is 8.78 Å². The van der Waals surface area contributed by atoms with Crippen molar-refractivity contribution in [3.8, 4) is 0 Å². The summed E-state index contributed by atoms with van der Waals surface area (Å²) in [6.07, 6.45) is 2.42. The fraction of sp³-hybridized carbons (Fsp3) is 0.625. The van der Waals surface area contributed by atoms with Crippen molar-refractivity contribution in [3.63, 3.8) is 0 Å². The third-order valence-electron chi connectivity index (χ3n) is 4.93. The minimum atomic E-state index is -0.406. The summed E-state index contributed by atoms with van der Waals surface area (Å²) in [5.74, 6) is -0.773. The van der Waals surface area contributed by atoms with E-state index in [0.717, 1.165) is 25.7 Å². The third-order valence-corrected chi connectivity index (χ3v) is 4.93. The highest BCUT2D eigenvalue weighted by atomic mass is 19.1. The van der Waals surface area contributed by atoms with Crippen LogP contribution in [0.15, 0.2) is 18.2 Å². The molecule has 0 aliphatic carbocycles. The van der Waals surface area contributed by atoms with E-state index in [-0.39, 0.29) is 11.9 Å². The summed E-state index contributed by atoms with van der Waals surface area (Å²) >= 11 is 0. The molecule has 2 heterocycles. The summed E-state index contributed by atoms with van der Waals surface area (Å²) in [6, 6.07) is 4.23. The van der Waals surface area contributed by atoms with Crippen molar-refractivity contribution in [1.82, 2.24) is 9.80 Å². The highest BCUT2D eigenvalue weighted by molar-refractivity contribution is 5.23. The lowest BCUT2D eigenvalue weighted by molar-refractivity contribution is 0.0285. The third kappa shape index (κ3) is 2.82. The van der Waals surface area contributed by atoms with Gasteiger partial charge in [0, 0.05) is 37.3 Å². The molecule has 3 unspecified atom stereocenters. The highest BCUT2D eigenvalue weighted by Gasteiger charge is 2.38. The highest BCUT2D eigenvalue weighted by Crippen LogP contribution is 2.32. The molecule has 0 aromatic heterocycles. The second kappa shape index (κ2) is 5.99. The Kier molecular flexibility index (Phi) is 4.24. The summed E-state index contributed by atoms with van der Waals surface area (Å²) < 4.78 is 27.6. The van der Waals surface area contributed by atoms with Gasteiger partial charge in [0.2, 0.25) is 0 Å². The number of nitrogens with zero attached hydrogens (tertiary/aromatic N) is 2. The average Bonchev–Trinajstić information content (AvgIpc) is 2.90. The van der Waals surface area contributed by atoms with Crippen LogP contribution in [0.3, 0.4) is 0 Å². The van der Waals surface area contributed by atoms with Crippen LogP contribution in [0, 0.1) is 11.6 Å². The number of benzene rings is 1. The SMILES string of the molecule is CC1CN2CCCC2CN1C(CN)c1cc(F)ccc1F. The van der Waals surface area contributed by atoms with Gasteiger partial charge in [-0.2, -0.15) is 0 Å². The zero-order chi connectivity index (χ0) is 15.0. The van der Waals surface area contributed by atoms with Crippen molar-refractivity contribution in [1.29, 1.82) is 0 Å². The molecule has 0 radical (unpaired) electrons. The van der Waals surface area contributed by atoms with Crippen LogP contribution in [-0.4, -0.2) is 48.1 Å². The van der Waals surface area contributed by atoms with Crippen LogP contribution in [0.25, 0.3) is 0 Å². The summed E-state index contributed by atoms with van der Waals surface area (Å²) in [5, 5.41) is 0. The van der Waals surface area contributed by atoms with Gasteiger partial charge in [0.05, 0.1) is 6.04 Å². The zero-order valence-corrected chi connectivity index (χ0v) is 12.4. The Hall–Kier alpha value is -1.04. The van der Waals surface area contributed by atoms with Crippen LogP contribution in [-0.2, 0) is 0 Å². The molecular formula is C16H23F2N3. The predicted molar refractivity (Wildman–Crippen MR) is 78.9 cm³/mol. The van der Waals surface area contributed by atoms with Crippen molar-refractivity contribution in [2.24, 2.45) is 5.73 Å². The molecular weight excluding hydrogens is 272 g/mol. The van der Waals surface area contributed by atoms with E-state index in [1.165, 1.54) is 25.0 Å². The molecule has 3 rings (SSSR count). The Balaban J connectivity index is 1.86. The Labute approximate surface area is 124 Å². The molecule has 21 heavy (non-hydrogen) atoms. The predicted octanol–water partition coefficient (Wildman–Crippen LogP) is 2.13. The first-order valence-electron chi connectivity index (χ1n) is 7.75. The smallest absolute Gasteiger partial charge is 0.128 e. The topological polar surface area (TPSA) is 32.5 Å². The second-order valence-electron chi connectivity index (χ2n) is 6.25. The van der Waals surface area contributed by atoms with Crippen LogP contribution in [0.2, 0.25) is 0 Å². The number of hydrogen-bond donors (Lipinski definition) is 1. The van der Waals surface area contributed by atoms with Gasteiger partial charge in [-0.15, -0.1) is 0 Å². The Morgan fingerprint density at radius 1 is 1.33 bits per heavy atom. The molecule has 3 atom stereocenters. The van der Waals surface area contributed by atoms with Crippen molar-refractivity contribution in [2.75, 3.05) is 26.2 Å². The number of piperazine rings is 1. The van der Waals surface area contributed by atoms with Gasteiger partial charge in [-0.05, 0) is 44.5 Å². The molecule has 2 fully saturated rings. The van der Waals surface area contributed by atoms with Gasteiger partial charge in [-0.3, -0.25) is 9.80 Å². The maximum atomic E-state index is 14.1. The molecule has 2 aliphatic heterocycles. The van der Waals surface area contributed by atoms with E-state index in [0.29, 0.717) is 24.2 Å². The minimum Gasteiger partial charge on any atom is -0.329 e.